The van der Waals surface area contributed by atoms with Crippen LogP contribution in [0.15, 0.2) is 66.7 Å². The van der Waals surface area contributed by atoms with Gasteiger partial charge in [-0.05, 0) is 86.0 Å². The van der Waals surface area contributed by atoms with E-state index in [1.165, 1.54) is 12.1 Å². The van der Waals surface area contributed by atoms with Gasteiger partial charge in [0.2, 0.25) is 0 Å². The fourth-order valence-corrected chi connectivity index (χ4v) is 3.08. The van der Waals surface area contributed by atoms with E-state index in [9.17, 15) is 14.4 Å². The minimum absolute atomic E-state index is 0.0885. The van der Waals surface area contributed by atoms with E-state index in [0.717, 1.165) is 16.7 Å². The lowest BCUT2D eigenvalue weighted by atomic mass is 10.1. The van der Waals surface area contributed by atoms with Gasteiger partial charge >= 0.3 is 6.16 Å². The lowest BCUT2D eigenvalue weighted by molar-refractivity contribution is -0.123. The second-order valence-electron chi connectivity index (χ2n) is 7.78. The summed E-state index contributed by atoms with van der Waals surface area (Å²) in [4.78, 5) is 36.1. The van der Waals surface area contributed by atoms with Crippen LogP contribution in [-0.4, -0.2) is 31.2 Å². The van der Waals surface area contributed by atoms with Gasteiger partial charge in [-0.1, -0.05) is 18.2 Å². The Morgan fingerprint density at radius 3 is 2.31 bits per heavy atom. The molecule has 3 aromatic rings. The van der Waals surface area contributed by atoms with Crippen LogP contribution in [0.4, 0.5) is 10.5 Å². The molecule has 3 rings (SSSR count). The Morgan fingerprint density at radius 2 is 1.60 bits per heavy atom. The van der Waals surface area contributed by atoms with E-state index >= 15 is 0 Å². The van der Waals surface area contributed by atoms with E-state index in [1.807, 2.05) is 38.1 Å². The van der Waals surface area contributed by atoms with Gasteiger partial charge in [0.25, 0.3) is 11.8 Å². The molecule has 3 aromatic carbocycles. The third-order valence-corrected chi connectivity index (χ3v) is 5.10. The number of ether oxygens (including phenoxy) is 3. The first-order valence-electron chi connectivity index (χ1n) is 11.2. The molecule has 0 heterocycles. The summed E-state index contributed by atoms with van der Waals surface area (Å²) in [6.07, 6.45) is -0.801. The zero-order valence-electron chi connectivity index (χ0n) is 19.9. The molecule has 35 heavy (non-hydrogen) atoms. The summed E-state index contributed by atoms with van der Waals surface area (Å²) in [6.45, 7) is 6.10. The number of carbonyl (C=O) groups is 3. The number of aryl methyl sites for hydroxylation is 2. The molecule has 2 N–H and O–H groups in total. The van der Waals surface area contributed by atoms with Crippen LogP contribution in [0.3, 0.4) is 0 Å². The van der Waals surface area contributed by atoms with Gasteiger partial charge in [-0.15, -0.1) is 0 Å². The topological polar surface area (TPSA) is 103 Å². The van der Waals surface area contributed by atoms with Crippen LogP contribution in [0, 0.1) is 13.8 Å². The zero-order valence-corrected chi connectivity index (χ0v) is 19.9. The van der Waals surface area contributed by atoms with Crippen LogP contribution in [0.2, 0.25) is 0 Å². The van der Waals surface area contributed by atoms with Gasteiger partial charge in [0.15, 0.2) is 6.61 Å². The van der Waals surface area contributed by atoms with Crippen LogP contribution < -0.4 is 20.1 Å². The molecule has 8 nitrogen and oxygen atoms in total. The van der Waals surface area contributed by atoms with Crippen molar-refractivity contribution in [2.24, 2.45) is 0 Å². The Morgan fingerprint density at radius 1 is 0.857 bits per heavy atom. The highest BCUT2D eigenvalue weighted by Gasteiger charge is 2.10. The van der Waals surface area contributed by atoms with E-state index in [2.05, 4.69) is 10.6 Å². The first kappa shape index (κ1) is 25.3. The predicted molar refractivity (Wildman–Crippen MR) is 132 cm³/mol. The number of rotatable bonds is 9. The number of hydrogen-bond donors (Lipinski definition) is 2. The third-order valence-electron chi connectivity index (χ3n) is 5.10. The van der Waals surface area contributed by atoms with E-state index < -0.39 is 6.16 Å². The molecule has 0 spiro atoms. The van der Waals surface area contributed by atoms with Gasteiger partial charge < -0.3 is 24.8 Å². The lowest BCUT2D eigenvalue weighted by Crippen LogP contribution is -2.28. The summed E-state index contributed by atoms with van der Waals surface area (Å²) in [5.74, 6) is 0.353. The largest absolute Gasteiger partial charge is 0.513 e. The summed E-state index contributed by atoms with van der Waals surface area (Å²) in [5.41, 5.74) is 4.06. The number of benzene rings is 3. The highest BCUT2D eigenvalue weighted by molar-refractivity contribution is 6.04. The molecular formula is C27H28N2O6. The average Bonchev–Trinajstić information content (AvgIpc) is 2.84. The molecule has 0 aliphatic carbocycles. The number of anilines is 1. The summed E-state index contributed by atoms with van der Waals surface area (Å²) < 4.78 is 15.3. The number of amides is 2. The predicted octanol–water partition coefficient (Wildman–Crippen LogP) is 4.79. The molecule has 0 radical (unpaired) electrons. The highest BCUT2D eigenvalue weighted by atomic mass is 16.7. The van der Waals surface area contributed by atoms with Crippen molar-refractivity contribution in [3.8, 4) is 11.5 Å². The fraction of sp³-hybridized carbons (Fsp3) is 0.222. The molecule has 0 unspecified atom stereocenters. The minimum Gasteiger partial charge on any atom is -0.484 e. The Bertz CT molecular complexity index is 1190. The molecule has 0 fully saturated rings. The maximum atomic E-state index is 12.6. The smallest absolute Gasteiger partial charge is 0.484 e. The molecular weight excluding hydrogens is 448 g/mol. The third kappa shape index (κ3) is 7.89. The summed E-state index contributed by atoms with van der Waals surface area (Å²) in [6, 6.07) is 19.0. The van der Waals surface area contributed by atoms with E-state index in [0.29, 0.717) is 23.5 Å². The summed E-state index contributed by atoms with van der Waals surface area (Å²) >= 11 is 0. The van der Waals surface area contributed by atoms with E-state index in [-0.39, 0.29) is 30.8 Å². The van der Waals surface area contributed by atoms with Crippen molar-refractivity contribution in [3.05, 3.63) is 89.0 Å². The second-order valence-corrected chi connectivity index (χ2v) is 7.78. The Labute approximate surface area is 204 Å². The molecule has 0 aliphatic rings. The maximum absolute atomic E-state index is 12.6. The zero-order chi connectivity index (χ0) is 25.2. The molecule has 2 amide bonds. The standard InChI is InChI=1S/C27H28N2O6/c1-4-33-27(32)35-23-12-9-21(10-13-23)26(31)29-22-7-5-6-20(15-22)16-28-25(30)17-34-24-11-8-18(2)19(3)14-24/h5-15H,4,16-17H2,1-3H3,(H,28,30)(H,29,31). The van der Waals surface area contributed by atoms with Crippen molar-refractivity contribution in [1.29, 1.82) is 0 Å². The average molecular weight is 477 g/mol. The molecule has 0 bridgehead atoms. The molecule has 0 saturated heterocycles. The van der Waals surface area contributed by atoms with E-state index in [1.54, 1.807) is 37.3 Å². The second kappa shape index (κ2) is 12.2. The summed E-state index contributed by atoms with van der Waals surface area (Å²) in [5, 5.41) is 5.62. The van der Waals surface area contributed by atoms with Crippen molar-refractivity contribution in [1.82, 2.24) is 5.32 Å². The SMILES string of the molecule is CCOC(=O)Oc1ccc(C(=O)Nc2cccc(CNC(=O)COc3ccc(C)c(C)c3)c2)cc1. The molecule has 0 saturated carbocycles. The molecule has 8 heteroatoms. The van der Waals surface area contributed by atoms with Crippen molar-refractivity contribution < 1.29 is 28.6 Å². The van der Waals surface area contributed by atoms with Gasteiger partial charge in [0.05, 0.1) is 6.61 Å². The molecule has 0 aliphatic heterocycles. The minimum atomic E-state index is -0.801. The van der Waals surface area contributed by atoms with Gasteiger partial charge in [-0.2, -0.15) is 0 Å². The van der Waals surface area contributed by atoms with E-state index in [4.69, 9.17) is 14.2 Å². The van der Waals surface area contributed by atoms with Gasteiger partial charge in [-0.3, -0.25) is 9.59 Å². The van der Waals surface area contributed by atoms with Crippen molar-refractivity contribution >= 4 is 23.7 Å². The van der Waals surface area contributed by atoms with Crippen molar-refractivity contribution in [2.75, 3.05) is 18.5 Å². The van der Waals surface area contributed by atoms with Crippen molar-refractivity contribution in [3.63, 3.8) is 0 Å². The summed E-state index contributed by atoms with van der Waals surface area (Å²) in [7, 11) is 0. The van der Waals surface area contributed by atoms with Gasteiger partial charge in [0.1, 0.15) is 11.5 Å². The van der Waals surface area contributed by atoms with Crippen LogP contribution in [-0.2, 0) is 16.1 Å². The first-order chi connectivity index (χ1) is 16.8. The van der Waals surface area contributed by atoms with Crippen LogP contribution in [0.5, 0.6) is 11.5 Å². The number of nitrogens with one attached hydrogen (secondary N) is 2. The molecule has 0 aromatic heterocycles. The first-order valence-corrected chi connectivity index (χ1v) is 11.2. The number of hydrogen-bond acceptors (Lipinski definition) is 6. The Kier molecular flexibility index (Phi) is 8.83. The van der Waals surface area contributed by atoms with Gasteiger partial charge in [0, 0.05) is 17.8 Å². The quantitative estimate of drug-likeness (QED) is 0.340. The molecule has 182 valence electrons. The van der Waals surface area contributed by atoms with Gasteiger partial charge in [-0.25, -0.2) is 4.79 Å². The Hall–Kier alpha value is -4.33. The number of carbonyl (C=O) groups excluding carboxylic acids is 3. The van der Waals surface area contributed by atoms with Crippen molar-refractivity contribution in [2.45, 2.75) is 27.3 Å². The maximum Gasteiger partial charge on any atom is 0.513 e. The lowest BCUT2D eigenvalue weighted by Gasteiger charge is -2.10. The monoisotopic (exact) mass is 476 g/mol. The molecule has 0 atom stereocenters. The highest BCUT2D eigenvalue weighted by Crippen LogP contribution is 2.17. The van der Waals surface area contributed by atoms with Crippen LogP contribution >= 0.6 is 0 Å². The van der Waals surface area contributed by atoms with Crippen LogP contribution in [0.25, 0.3) is 0 Å². The fourth-order valence-electron chi connectivity index (χ4n) is 3.08. The Balaban J connectivity index is 1.49. The normalized spacial score (nSPS) is 10.3. The van der Waals surface area contributed by atoms with Crippen LogP contribution in [0.1, 0.15) is 34.0 Å².